The number of hydrogen-bond acceptors (Lipinski definition) is 3. The summed E-state index contributed by atoms with van der Waals surface area (Å²) in [6.45, 7) is 0. The Labute approximate surface area is 117 Å². The molecule has 0 fully saturated rings. The second-order valence-corrected chi connectivity index (χ2v) is 7.01. The molecule has 3 rings (SSSR count). The first-order chi connectivity index (χ1) is 9.22. The van der Waals surface area contributed by atoms with Crippen LogP contribution in [0, 0.1) is 0 Å². The number of carbonyl (C=O) groups is 1. The van der Waals surface area contributed by atoms with Gasteiger partial charge in [0.05, 0.1) is 0 Å². The molecule has 96 valence electrons. The summed E-state index contributed by atoms with van der Waals surface area (Å²) in [6, 6.07) is 15.0. The molecule has 0 amide bonds. The van der Waals surface area contributed by atoms with E-state index in [1.807, 2.05) is 36.4 Å². The molecule has 0 saturated heterocycles. The minimum absolute atomic E-state index is 0.0634. The SMILES string of the molecule is O=C1Oc2cc(O)ccc2CC1[Se]c1ccccc1. The van der Waals surface area contributed by atoms with E-state index in [1.165, 1.54) is 10.5 Å². The second kappa shape index (κ2) is 5.08. The molecule has 0 aromatic heterocycles. The molecule has 0 spiro atoms. The predicted octanol–water partition coefficient (Wildman–Crippen LogP) is 1.67. The van der Waals surface area contributed by atoms with E-state index in [0.29, 0.717) is 12.2 Å². The second-order valence-electron chi connectivity index (χ2n) is 4.34. The number of benzene rings is 2. The fourth-order valence-electron chi connectivity index (χ4n) is 2.02. The first-order valence-corrected chi connectivity index (χ1v) is 7.82. The molecule has 1 aliphatic rings. The van der Waals surface area contributed by atoms with Gasteiger partial charge in [0.2, 0.25) is 0 Å². The van der Waals surface area contributed by atoms with Gasteiger partial charge in [-0.15, -0.1) is 0 Å². The zero-order chi connectivity index (χ0) is 13.2. The Balaban J connectivity index is 1.82. The molecular weight excluding hydrogens is 307 g/mol. The molecule has 3 nitrogen and oxygen atoms in total. The van der Waals surface area contributed by atoms with Gasteiger partial charge in [0.1, 0.15) is 0 Å². The van der Waals surface area contributed by atoms with E-state index in [9.17, 15) is 9.90 Å². The van der Waals surface area contributed by atoms with Gasteiger partial charge in [-0.05, 0) is 0 Å². The number of phenols is 1. The number of fused-ring (bicyclic) bond motifs is 1. The third-order valence-corrected chi connectivity index (χ3v) is 5.44. The van der Waals surface area contributed by atoms with Gasteiger partial charge < -0.3 is 0 Å². The first-order valence-electron chi connectivity index (χ1n) is 5.97. The van der Waals surface area contributed by atoms with Gasteiger partial charge in [-0.25, -0.2) is 0 Å². The Hall–Kier alpha value is -1.77. The summed E-state index contributed by atoms with van der Waals surface area (Å²) in [7, 11) is 0. The molecule has 1 heterocycles. The Morgan fingerprint density at radius 2 is 1.95 bits per heavy atom. The number of hydrogen-bond donors (Lipinski definition) is 1. The number of phenolic OH excluding ortho intramolecular Hbond substituents is 1. The zero-order valence-electron chi connectivity index (χ0n) is 10.1. The van der Waals surface area contributed by atoms with Gasteiger partial charge in [-0.3, -0.25) is 0 Å². The molecule has 0 aliphatic carbocycles. The van der Waals surface area contributed by atoms with Crippen LogP contribution >= 0.6 is 0 Å². The van der Waals surface area contributed by atoms with Gasteiger partial charge in [0, 0.05) is 0 Å². The monoisotopic (exact) mass is 320 g/mol. The van der Waals surface area contributed by atoms with Crippen molar-refractivity contribution in [2.24, 2.45) is 0 Å². The molecule has 4 heteroatoms. The molecule has 1 atom stereocenters. The molecule has 2 aromatic carbocycles. The van der Waals surface area contributed by atoms with Crippen LogP contribution in [0.2, 0.25) is 4.82 Å². The van der Waals surface area contributed by atoms with E-state index in [0.717, 1.165) is 5.56 Å². The number of aromatic hydroxyl groups is 1. The van der Waals surface area contributed by atoms with Crippen molar-refractivity contribution in [1.82, 2.24) is 0 Å². The fraction of sp³-hybridized carbons (Fsp3) is 0.133. The van der Waals surface area contributed by atoms with Gasteiger partial charge >= 0.3 is 117 Å². The molecular formula is C15H12O3Se. The molecule has 1 unspecified atom stereocenters. The van der Waals surface area contributed by atoms with Crippen LogP contribution in [0.15, 0.2) is 48.5 Å². The zero-order valence-corrected chi connectivity index (χ0v) is 11.8. The van der Waals surface area contributed by atoms with Crippen LogP contribution in [0.25, 0.3) is 0 Å². The summed E-state index contributed by atoms with van der Waals surface area (Å²) in [4.78, 5) is 11.9. The number of rotatable bonds is 2. The van der Waals surface area contributed by atoms with Crippen LogP contribution in [0.4, 0.5) is 0 Å². The van der Waals surface area contributed by atoms with E-state index in [1.54, 1.807) is 6.07 Å². The number of carbonyl (C=O) groups excluding carboxylic acids is 1. The quantitative estimate of drug-likeness (QED) is 0.520. The summed E-state index contributed by atoms with van der Waals surface area (Å²) < 4.78 is 6.51. The predicted molar refractivity (Wildman–Crippen MR) is 73.0 cm³/mol. The van der Waals surface area contributed by atoms with Gasteiger partial charge in [0.25, 0.3) is 0 Å². The summed E-state index contributed by atoms with van der Waals surface area (Å²) >= 11 is 0.0634. The van der Waals surface area contributed by atoms with Crippen LogP contribution in [0.1, 0.15) is 5.56 Å². The minimum atomic E-state index is -0.193. The van der Waals surface area contributed by atoms with Crippen LogP contribution in [0.5, 0.6) is 11.5 Å². The molecule has 0 radical (unpaired) electrons. The number of esters is 1. The average molecular weight is 319 g/mol. The third kappa shape index (κ3) is 2.65. The van der Waals surface area contributed by atoms with Crippen LogP contribution < -0.4 is 9.20 Å². The van der Waals surface area contributed by atoms with Gasteiger partial charge in [0.15, 0.2) is 0 Å². The van der Waals surface area contributed by atoms with E-state index in [2.05, 4.69) is 0 Å². The Bertz CT molecular complexity index is 610. The van der Waals surface area contributed by atoms with Crippen LogP contribution in [-0.2, 0) is 11.2 Å². The van der Waals surface area contributed by atoms with E-state index in [-0.39, 0.29) is 31.5 Å². The summed E-state index contributed by atoms with van der Waals surface area (Å²) in [5.41, 5.74) is 0.986. The number of ether oxygens (including phenoxy) is 1. The molecule has 0 saturated carbocycles. The normalized spacial score (nSPS) is 17.7. The summed E-state index contributed by atoms with van der Waals surface area (Å²) in [5, 5.41) is 9.39. The van der Waals surface area contributed by atoms with E-state index < -0.39 is 0 Å². The van der Waals surface area contributed by atoms with Crippen molar-refractivity contribution in [3.63, 3.8) is 0 Å². The van der Waals surface area contributed by atoms with Crippen LogP contribution in [-0.4, -0.2) is 26.0 Å². The van der Waals surface area contributed by atoms with Crippen molar-refractivity contribution in [2.75, 3.05) is 0 Å². The Morgan fingerprint density at radius 3 is 2.74 bits per heavy atom. The molecule has 2 aromatic rings. The van der Waals surface area contributed by atoms with Crippen molar-refractivity contribution in [2.45, 2.75) is 11.2 Å². The molecule has 1 N–H and O–H groups in total. The molecule has 19 heavy (non-hydrogen) atoms. The Morgan fingerprint density at radius 1 is 1.16 bits per heavy atom. The van der Waals surface area contributed by atoms with Crippen molar-refractivity contribution < 1.29 is 14.6 Å². The van der Waals surface area contributed by atoms with Crippen molar-refractivity contribution in [1.29, 1.82) is 0 Å². The first kappa shape index (κ1) is 12.3. The fourth-order valence-corrected chi connectivity index (χ4v) is 4.22. The van der Waals surface area contributed by atoms with Crippen molar-refractivity contribution in [3.8, 4) is 11.5 Å². The molecule has 1 aliphatic heterocycles. The van der Waals surface area contributed by atoms with Crippen molar-refractivity contribution in [3.05, 3.63) is 54.1 Å². The summed E-state index contributed by atoms with van der Waals surface area (Å²) in [5.74, 6) is 0.422. The maximum absolute atomic E-state index is 12.0. The third-order valence-electron chi connectivity index (χ3n) is 2.95. The van der Waals surface area contributed by atoms with Gasteiger partial charge in [-0.1, -0.05) is 0 Å². The van der Waals surface area contributed by atoms with E-state index in [4.69, 9.17) is 4.74 Å². The maximum atomic E-state index is 12.0. The topological polar surface area (TPSA) is 46.5 Å². The summed E-state index contributed by atoms with van der Waals surface area (Å²) in [6.07, 6.45) is 0.684. The van der Waals surface area contributed by atoms with Gasteiger partial charge in [-0.2, -0.15) is 0 Å². The van der Waals surface area contributed by atoms with Crippen molar-refractivity contribution >= 4 is 25.4 Å². The average Bonchev–Trinajstić information content (AvgIpc) is 2.41. The van der Waals surface area contributed by atoms with E-state index >= 15 is 0 Å². The Kier molecular flexibility index (Phi) is 3.28. The van der Waals surface area contributed by atoms with Crippen LogP contribution in [0.3, 0.4) is 0 Å². The molecule has 0 bridgehead atoms. The standard InChI is InChI=1S/C15H12O3Se/c16-11-7-6-10-8-14(15(17)18-13(10)9-11)19-12-4-2-1-3-5-12/h1-7,9,14,16H,8H2.